The van der Waals surface area contributed by atoms with Crippen molar-refractivity contribution in [2.45, 2.75) is 35.9 Å². The van der Waals surface area contributed by atoms with Gasteiger partial charge < -0.3 is 19.9 Å². The topological polar surface area (TPSA) is 124 Å². The van der Waals surface area contributed by atoms with Gasteiger partial charge in [-0.3, -0.25) is 4.79 Å². The fourth-order valence-corrected chi connectivity index (χ4v) is 7.45. The third kappa shape index (κ3) is 6.09. The monoisotopic (exact) mass is 746 g/mol. The van der Waals surface area contributed by atoms with Crippen LogP contribution < -0.4 is 5.32 Å². The van der Waals surface area contributed by atoms with Crippen LogP contribution in [0.25, 0.3) is 21.9 Å². The number of hydrogen-bond donors (Lipinski definition) is 2. The molecule has 1 aromatic heterocycles. The summed E-state index contributed by atoms with van der Waals surface area (Å²) in [6.07, 6.45) is -14.2. The van der Waals surface area contributed by atoms with Gasteiger partial charge in [-0.25, -0.2) is 17.8 Å². The number of carbonyl (C=O) groups is 2. The number of methoxy groups -OCH3 is 1. The average molecular weight is 747 g/mol. The molecular formula is C36H28F6N2O7S. The second-order valence-electron chi connectivity index (χ2n) is 12.0. The molecule has 0 saturated heterocycles. The Morgan fingerprint density at radius 1 is 0.827 bits per heavy atom. The molecular weight excluding hydrogens is 718 g/mol. The third-order valence-electron chi connectivity index (χ3n) is 8.88. The number of aliphatic hydroxyl groups is 1. The average Bonchev–Trinajstić information content (AvgIpc) is 3.57. The molecule has 0 spiro atoms. The summed E-state index contributed by atoms with van der Waals surface area (Å²) in [6, 6.07) is 20.4. The number of ether oxygens (including phenoxy) is 2. The number of aryl methyl sites for hydroxylation is 1. The second-order valence-corrected chi connectivity index (χ2v) is 14.1. The van der Waals surface area contributed by atoms with Gasteiger partial charge in [0.2, 0.25) is 0 Å². The molecule has 5 aromatic rings. The van der Waals surface area contributed by atoms with Gasteiger partial charge in [-0.15, -0.1) is 0 Å². The summed E-state index contributed by atoms with van der Waals surface area (Å²) in [4.78, 5) is 27.9. The van der Waals surface area contributed by atoms with E-state index in [1.807, 2.05) is 24.3 Å². The first kappa shape index (κ1) is 36.6. The molecule has 0 bridgehead atoms. The summed E-state index contributed by atoms with van der Waals surface area (Å²) in [7, 11) is -2.54. The van der Waals surface area contributed by atoms with Crippen LogP contribution in [0.3, 0.4) is 0 Å². The third-order valence-corrected chi connectivity index (χ3v) is 10.6. The van der Waals surface area contributed by atoms with E-state index in [0.717, 1.165) is 27.8 Å². The predicted octanol–water partition coefficient (Wildman–Crippen LogP) is 7.69. The number of fused-ring (bicyclic) bond motifs is 4. The van der Waals surface area contributed by atoms with Crippen molar-refractivity contribution in [3.05, 3.63) is 119 Å². The number of amides is 1. The molecule has 0 atom stereocenters. The van der Waals surface area contributed by atoms with Crippen molar-refractivity contribution in [3.8, 4) is 11.1 Å². The fraction of sp³-hybridized carbons (Fsp3) is 0.222. The highest BCUT2D eigenvalue weighted by Crippen LogP contribution is 2.50. The molecule has 6 rings (SSSR count). The smallest absolute Gasteiger partial charge is 0.430 e. The Morgan fingerprint density at radius 3 is 1.92 bits per heavy atom. The molecule has 16 heteroatoms. The molecule has 0 aliphatic heterocycles. The summed E-state index contributed by atoms with van der Waals surface area (Å²) >= 11 is 0. The van der Waals surface area contributed by atoms with Crippen LogP contribution in [0.15, 0.2) is 95.9 Å². The Morgan fingerprint density at radius 2 is 1.38 bits per heavy atom. The van der Waals surface area contributed by atoms with Crippen LogP contribution in [-0.2, 0) is 24.9 Å². The van der Waals surface area contributed by atoms with Crippen molar-refractivity contribution in [3.63, 3.8) is 0 Å². The largest absolute Gasteiger partial charge is 0.436 e. The van der Waals surface area contributed by atoms with E-state index in [1.165, 1.54) is 32.2 Å². The Bertz CT molecular complexity index is 2260. The number of benzene rings is 4. The number of nitrogens with one attached hydrogen (secondary N) is 1. The standard InChI is InChI=1S/C36H28F6N2O7S/c1-20-29-19-23(52(48,49)18-17-50-2)15-16-26(29)30(32(45)43-22-13-11-21(12-14-22)34(47,35(37,38)39)36(40,41)42)44(20)33(46)51-31-27-9-5-3-7-24(27)25-8-4-6-10-28(25)31/h3-16,19,31,47H,17-18H2,1-2H3,(H,43,45). The highest BCUT2D eigenvalue weighted by molar-refractivity contribution is 7.91. The molecule has 9 nitrogen and oxygen atoms in total. The summed E-state index contributed by atoms with van der Waals surface area (Å²) in [6.45, 7) is 1.35. The van der Waals surface area contributed by atoms with Gasteiger partial charge in [-0.05, 0) is 42.3 Å². The summed E-state index contributed by atoms with van der Waals surface area (Å²) in [5.74, 6) is -1.40. The van der Waals surface area contributed by atoms with Crippen LogP contribution in [-0.4, -0.2) is 61.9 Å². The van der Waals surface area contributed by atoms with E-state index in [2.05, 4.69) is 5.32 Å². The van der Waals surface area contributed by atoms with Crippen LogP contribution in [0.5, 0.6) is 0 Å². The van der Waals surface area contributed by atoms with Crippen molar-refractivity contribution in [1.29, 1.82) is 0 Å². The van der Waals surface area contributed by atoms with Crippen molar-refractivity contribution >= 4 is 38.3 Å². The van der Waals surface area contributed by atoms with Crippen LogP contribution in [0.4, 0.5) is 36.8 Å². The Kier molecular flexibility index (Phi) is 9.22. The van der Waals surface area contributed by atoms with Crippen molar-refractivity contribution in [1.82, 2.24) is 4.57 Å². The second kappa shape index (κ2) is 13.1. The minimum atomic E-state index is -6.12. The molecule has 4 aromatic carbocycles. The summed E-state index contributed by atoms with van der Waals surface area (Å²) in [5.41, 5.74) is -4.30. The first-order valence-corrected chi connectivity index (χ1v) is 17.1. The van der Waals surface area contributed by atoms with Gasteiger partial charge in [0.15, 0.2) is 15.9 Å². The van der Waals surface area contributed by atoms with Gasteiger partial charge in [-0.2, -0.15) is 26.3 Å². The zero-order valence-corrected chi connectivity index (χ0v) is 28.0. The van der Waals surface area contributed by atoms with Crippen molar-refractivity contribution < 1.29 is 58.9 Å². The van der Waals surface area contributed by atoms with Crippen LogP contribution in [0.2, 0.25) is 0 Å². The lowest BCUT2D eigenvalue weighted by Crippen LogP contribution is -2.53. The number of alkyl halides is 6. The molecule has 1 heterocycles. The van der Waals surface area contributed by atoms with E-state index in [9.17, 15) is 49.5 Å². The zero-order chi connectivity index (χ0) is 37.8. The van der Waals surface area contributed by atoms with Gasteiger partial charge in [0, 0.05) is 46.0 Å². The maximum absolute atomic E-state index is 14.1. The zero-order valence-electron chi connectivity index (χ0n) is 27.2. The Hall–Kier alpha value is -5.19. The molecule has 1 aliphatic rings. The maximum atomic E-state index is 14.1. The Balaban J connectivity index is 1.42. The molecule has 0 unspecified atom stereocenters. The van der Waals surface area contributed by atoms with Gasteiger partial charge >= 0.3 is 18.4 Å². The van der Waals surface area contributed by atoms with Gasteiger partial charge in [0.1, 0.15) is 5.69 Å². The van der Waals surface area contributed by atoms with E-state index in [0.29, 0.717) is 23.3 Å². The first-order chi connectivity index (χ1) is 24.4. The Labute approximate surface area is 292 Å². The number of sulfone groups is 1. The number of rotatable bonds is 8. The lowest BCUT2D eigenvalue weighted by molar-refractivity contribution is -0.376. The van der Waals surface area contributed by atoms with Crippen LogP contribution in [0.1, 0.15) is 39.0 Å². The minimum Gasteiger partial charge on any atom is -0.436 e. The van der Waals surface area contributed by atoms with Gasteiger partial charge in [0.05, 0.1) is 17.3 Å². The molecule has 1 aliphatic carbocycles. The number of nitrogens with zero attached hydrogens (tertiary/aromatic N) is 1. The van der Waals surface area contributed by atoms with E-state index in [-0.39, 0.29) is 45.1 Å². The number of anilines is 1. The van der Waals surface area contributed by atoms with Crippen LogP contribution in [0, 0.1) is 6.92 Å². The quantitative estimate of drug-likeness (QED) is 0.156. The molecule has 0 fully saturated rings. The number of aromatic nitrogens is 1. The van der Waals surface area contributed by atoms with Gasteiger partial charge in [-0.1, -0.05) is 66.7 Å². The molecule has 1 amide bonds. The highest BCUT2D eigenvalue weighted by Gasteiger charge is 2.71. The number of carbonyl (C=O) groups excluding carboxylic acids is 2. The number of halogens is 6. The predicted molar refractivity (Wildman–Crippen MR) is 177 cm³/mol. The highest BCUT2D eigenvalue weighted by atomic mass is 32.2. The van der Waals surface area contributed by atoms with Gasteiger partial charge in [0.25, 0.3) is 11.5 Å². The molecule has 2 N–H and O–H groups in total. The lowest BCUT2D eigenvalue weighted by atomic mass is 9.92. The number of hydrogen-bond acceptors (Lipinski definition) is 7. The molecule has 0 saturated carbocycles. The fourth-order valence-electron chi connectivity index (χ4n) is 6.26. The minimum absolute atomic E-state index is 0.0880. The lowest BCUT2D eigenvalue weighted by Gasteiger charge is -2.32. The SMILES string of the molecule is COCCS(=O)(=O)c1ccc2c(C(=O)Nc3ccc(C(O)(C(F)(F)F)C(F)(F)F)cc3)n(C(=O)OC3c4ccccc4-c4ccccc43)c(C)c2c1. The van der Waals surface area contributed by atoms with Crippen molar-refractivity contribution in [2.24, 2.45) is 0 Å². The first-order valence-electron chi connectivity index (χ1n) is 15.4. The summed E-state index contributed by atoms with van der Waals surface area (Å²) in [5, 5.41) is 12.4. The van der Waals surface area contributed by atoms with E-state index >= 15 is 0 Å². The molecule has 272 valence electrons. The molecule has 0 radical (unpaired) electrons. The normalized spacial score (nSPS) is 13.6. The van der Waals surface area contributed by atoms with Crippen molar-refractivity contribution in [2.75, 3.05) is 24.8 Å². The summed E-state index contributed by atoms with van der Waals surface area (Å²) < 4.78 is 118. The van der Waals surface area contributed by atoms with E-state index in [1.54, 1.807) is 24.3 Å². The maximum Gasteiger partial charge on any atom is 0.430 e. The van der Waals surface area contributed by atoms with Crippen LogP contribution >= 0.6 is 0 Å². The van der Waals surface area contributed by atoms with E-state index in [4.69, 9.17) is 9.47 Å². The van der Waals surface area contributed by atoms with E-state index < -0.39 is 51.5 Å². The molecule has 52 heavy (non-hydrogen) atoms.